The maximum Gasteiger partial charge on any atom is 0.411 e. The first-order chi connectivity index (χ1) is 6.99. The minimum atomic E-state index is -4.24. The Morgan fingerprint density at radius 1 is 1.38 bits per heavy atom. The lowest BCUT2D eigenvalue weighted by atomic mass is 10.4. The molecule has 0 saturated heterocycles. The Morgan fingerprint density at radius 3 is 2.44 bits per heavy atom. The molecule has 0 saturated carbocycles. The van der Waals surface area contributed by atoms with Crippen molar-refractivity contribution in [2.75, 3.05) is 33.9 Å². The van der Waals surface area contributed by atoms with Crippen LogP contribution in [0, 0.1) is 0 Å². The van der Waals surface area contributed by atoms with Crippen LogP contribution in [0.5, 0.6) is 0 Å². The largest absolute Gasteiger partial charge is 0.411 e. The van der Waals surface area contributed by atoms with E-state index in [1.807, 2.05) is 0 Å². The minimum absolute atomic E-state index is 0. The highest BCUT2D eigenvalue weighted by molar-refractivity contribution is 14.0. The van der Waals surface area contributed by atoms with E-state index >= 15 is 0 Å². The molecule has 0 heterocycles. The summed E-state index contributed by atoms with van der Waals surface area (Å²) < 4.78 is 39.3. The van der Waals surface area contributed by atoms with Crippen molar-refractivity contribution in [3.8, 4) is 0 Å². The molecule has 0 aromatic rings. The zero-order valence-corrected chi connectivity index (χ0v) is 11.6. The van der Waals surface area contributed by atoms with Crippen molar-refractivity contribution in [1.29, 1.82) is 0 Å². The first-order valence-electron chi connectivity index (χ1n) is 4.52. The van der Waals surface area contributed by atoms with Crippen molar-refractivity contribution < 1.29 is 17.9 Å². The summed E-state index contributed by atoms with van der Waals surface area (Å²) in [6.07, 6.45) is -3.74. The van der Waals surface area contributed by atoms with Gasteiger partial charge in [0.15, 0.2) is 5.96 Å². The van der Waals surface area contributed by atoms with Gasteiger partial charge in [0.05, 0.1) is 0 Å². The fourth-order valence-electron chi connectivity index (χ4n) is 0.848. The molecule has 0 amide bonds. The predicted molar refractivity (Wildman–Crippen MR) is 67.3 cm³/mol. The van der Waals surface area contributed by atoms with Gasteiger partial charge in [-0.05, 0) is 6.42 Å². The van der Waals surface area contributed by atoms with Crippen molar-refractivity contribution in [3.63, 3.8) is 0 Å². The lowest BCUT2D eigenvalue weighted by molar-refractivity contribution is -0.173. The molecular weight excluding hydrogens is 338 g/mol. The molecule has 2 N–H and O–H groups in total. The molecule has 16 heavy (non-hydrogen) atoms. The molecule has 0 aliphatic rings. The number of rotatable bonds is 5. The van der Waals surface area contributed by atoms with Crippen LogP contribution in [-0.4, -0.2) is 46.0 Å². The smallest absolute Gasteiger partial charge is 0.372 e. The standard InChI is InChI=1S/C8H16F3N3O.HI/c1-12-7(13-2)14-4-3-5-15-6-8(9,10)11;/h3-6H2,1-2H3,(H2,12,13,14);1H. The molecule has 0 atom stereocenters. The zero-order valence-electron chi connectivity index (χ0n) is 9.23. The Bertz CT molecular complexity index is 199. The van der Waals surface area contributed by atoms with Gasteiger partial charge >= 0.3 is 6.18 Å². The van der Waals surface area contributed by atoms with Gasteiger partial charge < -0.3 is 15.4 Å². The second-order valence-electron chi connectivity index (χ2n) is 2.77. The summed E-state index contributed by atoms with van der Waals surface area (Å²) in [5, 5.41) is 5.68. The Balaban J connectivity index is 0. The van der Waals surface area contributed by atoms with Gasteiger partial charge in [-0.15, -0.1) is 24.0 Å². The van der Waals surface area contributed by atoms with Gasteiger partial charge in [0, 0.05) is 27.2 Å². The number of hydrogen-bond acceptors (Lipinski definition) is 2. The molecule has 98 valence electrons. The molecule has 0 rings (SSSR count). The maximum atomic E-state index is 11.6. The summed E-state index contributed by atoms with van der Waals surface area (Å²) in [6, 6.07) is 0. The maximum absolute atomic E-state index is 11.6. The topological polar surface area (TPSA) is 45.7 Å². The highest BCUT2D eigenvalue weighted by Gasteiger charge is 2.27. The number of ether oxygens (including phenoxy) is 1. The Labute approximate surface area is 110 Å². The van der Waals surface area contributed by atoms with Crippen LogP contribution in [0.15, 0.2) is 4.99 Å². The minimum Gasteiger partial charge on any atom is -0.372 e. The van der Waals surface area contributed by atoms with E-state index in [9.17, 15) is 13.2 Å². The van der Waals surface area contributed by atoms with E-state index in [0.717, 1.165) is 0 Å². The average molecular weight is 355 g/mol. The number of aliphatic imine (C=N–C) groups is 1. The van der Waals surface area contributed by atoms with Gasteiger partial charge in [0.2, 0.25) is 0 Å². The molecule has 0 spiro atoms. The molecular formula is C8H17F3IN3O. The number of halogens is 4. The number of alkyl halides is 3. The van der Waals surface area contributed by atoms with E-state index in [1.165, 1.54) is 0 Å². The van der Waals surface area contributed by atoms with Crippen LogP contribution in [0.3, 0.4) is 0 Å². The molecule has 4 nitrogen and oxygen atoms in total. The number of nitrogens with one attached hydrogen (secondary N) is 2. The Hall–Kier alpha value is -0.250. The molecule has 8 heteroatoms. The van der Waals surface area contributed by atoms with E-state index in [-0.39, 0.29) is 30.6 Å². The van der Waals surface area contributed by atoms with Crippen molar-refractivity contribution in [2.45, 2.75) is 12.6 Å². The van der Waals surface area contributed by atoms with Crippen LogP contribution >= 0.6 is 24.0 Å². The van der Waals surface area contributed by atoms with E-state index in [1.54, 1.807) is 14.1 Å². The van der Waals surface area contributed by atoms with E-state index in [4.69, 9.17) is 0 Å². The summed E-state index contributed by atoms with van der Waals surface area (Å²) in [6.45, 7) is -0.591. The van der Waals surface area contributed by atoms with Gasteiger partial charge in [-0.2, -0.15) is 13.2 Å². The van der Waals surface area contributed by atoms with Gasteiger partial charge in [-0.1, -0.05) is 0 Å². The number of nitrogens with zero attached hydrogens (tertiary/aromatic N) is 1. The highest BCUT2D eigenvalue weighted by Crippen LogP contribution is 2.14. The average Bonchev–Trinajstić information content (AvgIpc) is 2.15. The van der Waals surface area contributed by atoms with E-state index in [2.05, 4.69) is 20.4 Å². The molecule has 0 bridgehead atoms. The summed E-state index contributed by atoms with van der Waals surface area (Å²) in [7, 11) is 3.31. The third-order valence-electron chi connectivity index (χ3n) is 1.48. The molecule has 0 aliphatic carbocycles. The molecule has 0 radical (unpaired) electrons. The normalized spacial score (nSPS) is 11.9. The first kappa shape index (κ1) is 18.1. The first-order valence-corrected chi connectivity index (χ1v) is 4.52. The van der Waals surface area contributed by atoms with Crippen LogP contribution in [0.1, 0.15) is 6.42 Å². The van der Waals surface area contributed by atoms with Crippen LogP contribution in [-0.2, 0) is 4.74 Å². The molecule has 0 aromatic heterocycles. The number of hydrogen-bond donors (Lipinski definition) is 2. The summed E-state index contributed by atoms with van der Waals surface area (Å²) in [5.41, 5.74) is 0. The molecule has 0 aliphatic heterocycles. The summed E-state index contributed by atoms with van der Waals surface area (Å²) in [4.78, 5) is 3.84. The SMILES string of the molecule is CN=C(NC)NCCCOCC(F)(F)F.I. The summed E-state index contributed by atoms with van der Waals surface area (Å²) in [5.74, 6) is 0.603. The molecule has 0 fully saturated rings. The highest BCUT2D eigenvalue weighted by atomic mass is 127. The van der Waals surface area contributed by atoms with Crippen molar-refractivity contribution in [2.24, 2.45) is 4.99 Å². The van der Waals surface area contributed by atoms with Gasteiger partial charge in [-0.25, -0.2) is 0 Å². The van der Waals surface area contributed by atoms with Gasteiger partial charge in [0.25, 0.3) is 0 Å². The third kappa shape index (κ3) is 11.8. The second-order valence-corrected chi connectivity index (χ2v) is 2.77. The Morgan fingerprint density at radius 2 is 2.00 bits per heavy atom. The fraction of sp³-hybridized carbons (Fsp3) is 0.875. The fourth-order valence-corrected chi connectivity index (χ4v) is 0.848. The predicted octanol–water partition coefficient (Wildman–Crippen LogP) is 1.37. The lowest BCUT2D eigenvalue weighted by Crippen LogP contribution is -2.35. The van der Waals surface area contributed by atoms with E-state index in [0.29, 0.717) is 18.9 Å². The lowest BCUT2D eigenvalue weighted by Gasteiger charge is -2.09. The second kappa shape index (κ2) is 9.94. The van der Waals surface area contributed by atoms with Gasteiger partial charge in [-0.3, -0.25) is 4.99 Å². The number of guanidine groups is 1. The van der Waals surface area contributed by atoms with Crippen LogP contribution in [0.25, 0.3) is 0 Å². The third-order valence-corrected chi connectivity index (χ3v) is 1.48. The Kier molecular flexibility index (Phi) is 11.3. The molecule has 0 aromatic carbocycles. The quantitative estimate of drug-likeness (QED) is 0.339. The molecule has 0 unspecified atom stereocenters. The van der Waals surface area contributed by atoms with Gasteiger partial charge in [0.1, 0.15) is 6.61 Å². The van der Waals surface area contributed by atoms with Crippen molar-refractivity contribution in [1.82, 2.24) is 10.6 Å². The zero-order chi connectivity index (χ0) is 11.7. The van der Waals surface area contributed by atoms with Crippen LogP contribution < -0.4 is 10.6 Å². The van der Waals surface area contributed by atoms with Crippen molar-refractivity contribution in [3.05, 3.63) is 0 Å². The van der Waals surface area contributed by atoms with Crippen LogP contribution in [0.2, 0.25) is 0 Å². The summed E-state index contributed by atoms with van der Waals surface area (Å²) >= 11 is 0. The monoisotopic (exact) mass is 355 g/mol. The van der Waals surface area contributed by atoms with E-state index < -0.39 is 12.8 Å². The van der Waals surface area contributed by atoms with Crippen LogP contribution in [0.4, 0.5) is 13.2 Å². The van der Waals surface area contributed by atoms with Crippen molar-refractivity contribution >= 4 is 29.9 Å².